The number of carbonyl (C=O) groups is 1. The van der Waals surface area contributed by atoms with Crippen LogP contribution in [-0.4, -0.2) is 41.6 Å². The summed E-state index contributed by atoms with van der Waals surface area (Å²) in [5.41, 5.74) is 3.10. The zero-order valence-electron chi connectivity index (χ0n) is 6.43. The van der Waals surface area contributed by atoms with Crippen LogP contribution in [0.1, 0.15) is 0 Å². The third-order valence-electron chi connectivity index (χ3n) is 1.09. The van der Waals surface area contributed by atoms with Crippen molar-refractivity contribution in [3.63, 3.8) is 0 Å². The molecule has 0 saturated carbocycles. The van der Waals surface area contributed by atoms with Gasteiger partial charge in [0.1, 0.15) is 0 Å². The number of halogens is 3. The molecule has 0 rings (SSSR count). The lowest BCUT2D eigenvalue weighted by atomic mass is 10.4. The van der Waals surface area contributed by atoms with E-state index in [0.29, 0.717) is 0 Å². The van der Waals surface area contributed by atoms with Gasteiger partial charge in [0, 0.05) is 0 Å². The Balaban J connectivity index is 3.82. The first-order valence-electron chi connectivity index (χ1n) is 3.26. The number of carbonyl (C=O) groups excluding carboxylic acids is 1. The molecule has 0 bridgehead atoms. The van der Waals surface area contributed by atoms with E-state index in [-0.39, 0.29) is 0 Å². The van der Waals surface area contributed by atoms with Crippen molar-refractivity contribution in [1.82, 2.24) is 10.9 Å². The van der Waals surface area contributed by atoms with Gasteiger partial charge >= 0.3 is 12.1 Å². The molecule has 0 aliphatic heterocycles. The summed E-state index contributed by atoms with van der Waals surface area (Å²) < 4.78 is 34.6. The van der Waals surface area contributed by atoms with Crippen molar-refractivity contribution in [3.8, 4) is 0 Å². The Labute approximate surface area is 71.5 Å². The van der Waals surface area contributed by atoms with E-state index in [1.54, 1.807) is 5.43 Å². The van der Waals surface area contributed by atoms with Crippen LogP contribution in [0.5, 0.6) is 0 Å². The molecule has 4 N–H and O–H groups in total. The van der Waals surface area contributed by atoms with E-state index in [9.17, 15) is 18.0 Å². The Morgan fingerprint density at radius 2 is 1.77 bits per heavy atom. The van der Waals surface area contributed by atoms with Gasteiger partial charge in [-0.1, -0.05) is 0 Å². The third kappa shape index (κ3) is 4.65. The van der Waals surface area contributed by atoms with E-state index in [1.165, 1.54) is 5.43 Å². The van der Waals surface area contributed by atoms with Gasteiger partial charge in [-0.25, -0.2) is 5.43 Å². The van der Waals surface area contributed by atoms with Crippen molar-refractivity contribution in [1.29, 1.82) is 0 Å². The Morgan fingerprint density at radius 3 is 2.08 bits per heavy atom. The second kappa shape index (κ2) is 5.00. The van der Waals surface area contributed by atoms with E-state index in [4.69, 9.17) is 10.2 Å². The van der Waals surface area contributed by atoms with Crippen LogP contribution in [0.15, 0.2) is 0 Å². The van der Waals surface area contributed by atoms with Gasteiger partial charge in [0.15, 0.2) is 0 Å². The summed E-state index contributed by atoms with van der Waals surface area (Å²) in [4.78, 5) is 10.1. The maximum atomic E-state index is 11.5. The number of hydrazine groups is 1. The standard InChI is InChI=1S/C5H9F3N2O3/c6-5(7,8)4(13)10-9-3(1-11)2-12/h3,9,11-12H,1-2H2,(H,10,13). The summed E-state index contributed by atoms with van der Waals surface area (Å²) in [5.74, 6) is -2.18. The highest BCUT2D eigenvalue weighted by atomic mass is 19.4. The van der Waals surface area contributed by atoms with Gasteiger partial charge in [-0.2, -0.15) is 13.2 Å². The van der Waals surface area contributed by atoms with Crippen molar-refractivity contribution in [3.05, 3.63) is 0 Å². The van der Waals surface area contributed by atoms with E-state index in [0.717, 1.165) is 0 Å². The second-order valence-corrected chi connectivity index (χ2v) is 2.16. The van der Waals surface area contributed by atoms with Gasteiger partial charge in [0.05, 0.1) is 19.3 Å². The molecule has 0 aliphatic carbocycles. The number of amides is 1. The van der Waals surface area contributed by atoms with Gasteiger partial charge in [-0.05, 0) is 0 Å². The van der Waals surface area contributed by atoms with Crippen molar-refractivity contribution >= 4 is 5.91 Å². The molecule has 1 amide bonds. The number of aliphatic hydroxyl groups excluding tert-OH is 2. The van der Waals surface area contributed by atoms with Gasteiger partial charge in [-0.15, -0.1) is 0 Å². The topological polar surface area (TPSA) is 81.6 Å². The predicted octanol–water partition coefficient (Wildman–Crippen LogP) is -1.48. The summed E-state index contributed by atoms with van der Waals surface area (Å²) in [6.45, 7) is -1.18. The number of nitrogens with one attached hydrogen (secondary N) is 2. The molecule has 0 heterocycles. The number of hydrogen-bond acceptors (Lipinski definition) is 4. The minimum absolute atomic E-state index is 0.589. The van der Waals surface area contributed by atoms with Crippen molar-refractivity contribution < 1.29 is 28.2 Å². The molecule has 0 atom stereocenters. The monoisotopic (exact) mass is 202 g/mol. The first kappa shape index (κ1) is 12.1. The zero-order chi connectivity index (χ0) is 10.5. The minimum atomic E-state index is -4.98. The zero-order valence-corrected chi connectivity index (χ0v) is 6.43. The highest BCUT2D eigenvalue weighted by molar-refractivity contribution is 5.81. The predicted molar refractivity (Wildman–Crippen MR) is 35.3 cm³/mol. The van der Waals surface area contributed by atoms with Crippen LogP contribution in [0, 0.1) is 0 Å². The quantitative estimate of drug-likeness (QED) is 0.419. The lowest BCUT2D eigenvalue weighted by Crippen LogP contribution is -2.51. The number of alkyl halides is 3. The van der Waals surface area contributed by atoms with Crippen molar-refractivity contribution in [2.75, 3.05) is 13.2 Å². The molecular formula is C5H9F3N2O3. The van der Waals surface area contributed by atoms with Gasteiger partial charge in [-0.3, -0.25) is 10.2 Å². The Bertz CT molecular complexity index is 169. The highest BCUT2D eigenvalue weighted by Crippen LogP contribution is 2.13. The van der Waals surface area contributed by atoms with Gasteiger partial charge in [0.2, 0.25) is 0 Å². The Morgan fingerprint density at radius 1 is 1.31 bits per heavy atom. The van der Waals surface area contributed by atoms with Crippen LogP contribution < -0.4 is 10.9 Å². The van der Waals surface area contributed by atoms with E-state index < -0.39 is 31.3 Å². The molecule has 0 aliphatic rings. The Hall–Kier alpha value is -0.860. The number of rotatable bonds is 4. The summed E-state index contributed by atoms with van der Waals surface area (Å²) >= 11 is 0. The minimum Gasteiger partial charge on any atom is -0.395 e. The molecule has 8 heteroatoms. The maximum absolute atomic E-state index is 11.5. The van der Waals surface area contributed by atoms with Crippen LogP contribution in [-0.2, 0) is 4.79 Å². The normalized spacial score (nSPS) is 11.8. The summed E-state index contributed by atoms with van der Waals surface area (Å²) in [5, 5.41) is 16.8. The molecule has 13 heavy (non-hydrogen) atoms. The molecule has 0 saturated heterocycles. The summed E-state index contributed by atoms with van der Waals surface area (Å²) in [6.07, 6.45) is -4.98. The molecule has 0 aromatic heterocycles. The molecule has 0 spiro atoms. The molecule has 5 nitrogen and oxygen atoms in total. The lowest BCUT2D eigenvalue weighted by Gasteiger charge is -2.14. The van der Waals surface area contributed by atoms with Crippen molar-refractivity contribution in [2.24, 2.45) is 0 Å². The van der Waals surface area contributed by atoms with Gasteiger partial charge < -0.3 is 10.2 Å². The SMILES string of the molecule is O=C(NNC(CO)CO)C(F)(F)F. The van der Waals surface area contributed by atoms with E-state index >= 15 is 0 Å². The van der Waals surface area contributed by atoms with Crippen molar-refractivity contribution in [2.45, 2.75) is 12.2 Å². The van der Waals surface area contributed by atoms with Crippen LogP contribution in [0.4, 0.5) is 13.2 Å². The van der Waals surface area contributed by atoms with E-state index in [1.807, 2.05) is 0 Å². The average molecular weight is 202 g/mol. The molecule has 0 radical (unpaired) electrons. The molecule has 0 aromatic carbocycles. The average Bonchev–Trinajstić information content (AvgIpc) is 2.04. The molecule has 0 unspecified atom stereocenters. The smallest absolute Gasteiger partial charge is 0.395 e. The Kier molecular flexibility index (Phi) is 4.67. The first-order chi connectivity index (χ1) is 5.91. The molecular weight excluding hydrogens is 193 g/mol. The molecule has 0 fully saturated rings. The number of aliphatic hydroxyl groups is 2. The largest absolute Gasteiger partial charge is 0.472 e. The molecule has 78 valence electrons. The summed E-state index contributed by atoms with van der Waals surface area (Å²) in [6, 6.07) is -1.01. The highest BCUT2D eigenvalue weighted by Gasteiger charge is 2.38. The van der Waals surface area contributed by atoms with Crippen LogP contribution >= 0.6 is 0 Å². The first-order valence-corrected chi connectivity index (χ1v) is 3.26. The van der Waals surface area contributed by atoms with Crippen LogP contribution in [0.2, 0.25) is 0 Å². The maximum Gasteiger partial charge on any atom is 0.472 e. The fraction of sp³-hybridized carbons (Fsp3) is 0.800. The number of hydrogen-bond donors (Lipinski definition) is 4. The van der Waals surface area contributed by atoms with Crippen LogP contribution in [0.25, 0.3) is 0 Å². The fourth-order valence-electron chi connectivity index (χ4n) is 0.387. The van der Waals surface area contributed by atoms with Crippen LogP contribution in [0.3, 0.4) is 0 Å². The fourth-order valence-corrected chi connectivity index (χ4v) is 0.387. The second-order valence-electron chi connectivity index (χ2n) is 2.16. The third-order valence-corrected chi connectivity index (χ3v) is 1.09. The lowest BCUT2D eigenvalue weighted by molar-refractivity contribution is -0.175. The summed E-state index contributed by atoms with van der Waals surface area (Å²) in [7, 11) is 0. The van der Waals surface area contributed by atoms with Gasteiger partial charge in [0.25, 0.3) is 0 Å². The molecule has 0 aromatic rings. The van der Waals surface area contributed by atoms with E-state index in [2.05, 4.69) is 0 Å².